The first-order chi connectivity index (χ1) is 25.3. The number of aliphatic hydroxyl groups is 1. The SMILES string of the molecule is CC(C)C[C@H](NCC(=O)[C@H](Cc1ccccc1)NC(=O)[C@@H](N)CO)C(=O)N[C@@H](CC(C)C)C(=O)N[C@@H](CCCN=C(N)N)C(=O)N[C@@H](CC(N)=O)C(=O)O. The number of nitrogens with one attached hydrogen (secondary N) is 5. The minimum Gasteiger partial charge on any atom is -0.480 e. The van der Waals surface area contributed by atoms with Gasteiger partial charge >= 0.3 is 5.97 Å². The second kappa shape index (κ2) is 24.2. The molecule has 0 bridgehead atoms. The van der Waals surface area contributed by atoms with E-state index >= 15 is 0 Å². The fraction of sp³-hybridized carbons (Fsp3) is 0.600. The third kappa shape index (κ3) is 18.6. The molecule has 19 heteroatoms. The van der Waals surface area contributed by atoms with E-state index in [1.165, 1.54) is 0 Å². The minimum absolute atomic E-state index is 0.0380. The normalized spacial score (nSPS) is 14.4. The Hall–Kier alpha value is -5.14. The predicted octanol–water partition coefficient (Wildman–Crippen LogP) is -2.88. The highest BCUT2D eigenvalue weighted by atomic mass is 16.4. The fourth-order valence-electron chi connectivity index (χ4n) is 5.25. The standard InChI is InChI=1S/C35H58N10O9/c1-19(2)13-25(41-17-28(47)24(43-30(49)22(36)18-46)15-21-9-6-5-7-10-21)32(51)44-26(14-20(3)4)33(52)42-23(11-8-12-40-35(38)39)31(50)45-27(34(53)54)16-29(37)48/h5-7,9-10,19-20,22-27,41,46H,8,11-18,36H2,1-4H3,(H2,37,48)(H,42,52)(H,43,49)(H,44,51)(H,45,50)(H,53,54)(H4,38,39,40)/t22-,23-,24-,25-,26-,27-/m0/s1. The number of nitrogens with two attached hydrogens (primary N) is 4. The summed E-state index contributed by atoms with van der Waals surface area (Å²) < 4.78 is 0. The predicted molar refractivity (Wildman–Crippen MR) is 200 cm³/mol. The number of aliphatic hydroxyl groups excluding tert-OH is 1. The summed E-state index contributed by atoms with van der Waals surface area (Å²) >= 11 is 0. The number of aliphatic imine (C=N–C) groups is 1. The van der Waals surface area contributed by atoms with Crippen LogP contribution in [0.4, 0.5) is 0 Å². The highest BCUT2D eigenvalue weighted by molar-refractivity contribution is 5.95. The Kier molecular flexibility index (Phi) is 21.0. The van der Waals surface area contributed by atoms with Gasteiger partial charge in [0.25, 0.3) is 0 Å². The number of Topliss-reactive ketones (excluding diaryl/α,β-unsaturated/α-hetero) is 1. The zero-order chi connectivity index (χ0) is 41.0. The molecule has 6 atom stereocenters. The number of aliphatic carboxylic acids is 1. The van der Waals surface area contributed by atoms with E-state index in [9.17, 15) is 43.8 Å². The molecule has 1 aromatic rings. The van der Waals surface area contributed by atoms with E-state index in [0.29, 0.717) is 0 Å². The first-order valence-corrected chi connectivity index (χ1v) is 17.8. The summed E-state index contributed by atoms with van der Waals surface area (Å²) in [7, 11) is 0. The molecule has 0 aromatic heterocycles. The van der Waals surface area contributed by atoms with Gasteiger partial charge in [0.05, 0.1) is 31.7 Å². The molecular weight excluding hydrogens is 704 g/mol. The number of ketones is 1. The molecule has 19 nitrogen and oxygen atoms in total. The molecule has 0 fully saturated rings. The van der Waals surface area contributed by atoms with E-state index in [0.717, 1.165) is 5.56 Å². The van der Waals surface area contributed by atoms with Gasteiger partial charge in [-0.3, -0.25) is 39.1 Å². The van der Waals surface area contributed by atoms with Gasteiger partial charge in [0.1, 0.15) is 24.2 Å². The van der Waals surface area contributed by atoms with Crippen LogP contribution in [-0.4, -0.2) is 113 Å². The summed E-state index contributed by atoms with van der Waals surface area (Å²) in [6.07, 6.45) is -0.0147. The monoisotopic (exact) mass is 762 g/mol. The van der Waals surface area contributed by atoms with Crippen LogP contribution in [0.2, 0.25) is 0 Å². The summed E-state index contributed by atoms with van der Waals surface area (Å²) in [5.74, 6) is -6.27. The summed E-state index contributed by atoms with van der Waals surface area (Å²) in [5.41, 5.74) is 22.3. The molecule has 0 heterocycles. The maximum atomic E-state index is 13.8. The number of hydrogen-bond acceptors (Lipinski definition) is 11. The first kappa shape index (κ1) is 46.9. The smallest absolute Gasteiger partial charge is 0.326 e. The lowest BCUT2D eigenvalue weighted by molar-refractivity contribution is -0.143. The summed E-state index contributed by atoms with van der Waals surface area (Å²) in [6.45, 7) is 6.49. The molecular formula is C35H58N10O9. The Bertz CT molecular complexity index is 1440. The number of amides is 5. The van der Waals surface area contributed by atoms with Crippen LogP contribution in [0.1, 0.15) is 65.4 Å². The van der Waals surface area contributed by atoms with Gasteiger partial charge in [-0.15, -0.1) is 0 Å². The van der Waals surface area contributed by atoms with Crippen molar-refractivity contribution in [1.29, 1.82) is 0 Å². The van der Waals surface area contributed by atoms with Gasteiger partial charge in [0, 0.05) is 6.54 Å². The molecule has 0 saturated carbocycles. The molecule has 302 valence electrons. The fourth-order valence-corrected chi connectivity index (χ4v) is 5.25. The third-order valence-corrected chi connectivity index (χ3v) is 8.01. The Labute approximate surface area is 315 Å². The van der Waals surface area contributed by atoms with E-state index < -0.39 is 90.6 Å². The van der Waals surface area contributed by atoms with E-state index in [1.54, 1.807) is 30.3 Å². The lowest BCUT2D eigenvalue weighted by Crippen LogP contribution is -2.58. The molecule has 0 aliphatic rings. The van der Waals surface area contributed by atoms with Crippen LogP contribution in [0.5, 0.6) is 0 Å². The lowest BCUT2D eigenvalue weighted by Gasteiger charge is -2.27. The van der Waals surface area contributed by atoms with E-state index in [1.807, 2.05) is 27.7 Å². The third-order valence-electron chi connectivity index (χ3n) is 8.01. The van der Waals surface area contributed by atoms with Gasteiger partial charge in [-0.05, 0) is 49.5 Å². The van der Waals surface area contributed by atoms with Crippen molar-refractivity contribution < 1.29 is 43.8 Å². The molecule has 1 aromatic carbocycles. The molecule has 0 aliphatic carbocycles. The number of benzene rings is 1. The molecule has 0 aliphatic heterocycles. The van der Waals surface area contributed by atoms with Crippen LogP contribution >= 0.6 is 0 Å². The van der Waals surface area contributed by atoms with Crippen LogP contribution < -0.4 is 49.5 Å². The van der Waals surface area contributed by atoms with Gasteiger partial charge in [-0.25, -0.2) is 4.79 Å². The van der Waals surface area contributed by atoms with Crippen molar-refractivity contribution in [3.05, 3.63) is 35.9 Å². The Morgan fingerprint density at radius 1 is 0.722 bits per heavy atom. The van der Waals surface area contributed by atoms with Crippen molar-refractivity contribution in [2.24, 2.45) is 39.8 Å². The number of guanidine groups is 1. The van der Waals surface area contributed by atoms with Crippen molar-refractivity contribution in [3.63, 3.8) is 0 Å². The van der Waals surface area contributed by atoms with Crippen LogP contribution in [0.15, 0.2) is 35.3 Å². The molecule has 0 radical (unpaired) electrons. The molecule has 54 heavy (non-hydrogen) atoms. The number of carboxylic acids is 1. The topological polar surface area (TPSA) is 337 Å². The van der Waals surface area contributed by atoms with Gasteiger partial charge in [-0.1, -0.05) is 58.0 Å². The molecule has 0 spiro atoms. The number of hydrogen-bond donors (Lipinski definition) is 11. The van der Waals surface area contributed by atoms with Crippen LogP contribution in [0, 0.1) is 11.8 Å². The van der Waals surface area contributed by atoms with Crippen LogP contribution in [-0.2, 0) is 40.0 Å². The highest BCUT2D eigenvalue weighted by Gasteiger charge is 2.32. The van der Waals surface area contributed by atoms with E-state index in [2.05, 4.69) is 31.6 Å². The summed E-state index contributed by atoms with van der Waals surface area (Å²) in [4.78, 5) is 93.7. The minimum atomic E-state index is -1.66. The molecule has 15 N–H and O–H groups in total. The van der Waals surface area contributed by atoms with E-state index in [4.69, 9.17) is 22.9 Å². The molecule has 1 rings (SSSR count). The molecule has 5 amide bonds. The zero-order valence-electron chi connectivity index (χ0n) is 31.4. The van der Waals surface area contributed by atoms with Gasteiger partial charge in [0.15, 0.2) is 11.7 Å². The van der Waals surface area contributed by atoms with Crippen molar-refractivity contribution in [2.45, 2.75) is 102 Å². The zero-order valence-corrected chi connectivity index (χ0v) is 31.4. The van der Waals surface area contributed by atoms with Crippen molar-refractivity contribution in [3.8, 4) is 0 Å². The second-order valence-electron chi connectivity index (χ2n) is 13.8. The van der Waals surface area contributed by atoms with Gasteiger partial charge < -0.3 is 54.4 Å². The Morgan fingerprint density at radius 2 is 1.24 bits per heavy atom. The molecule has 0 saturated heterocycles. The number of carboxylic acid groups (broad SMARTS) is 1. The summed E-state index contributed by atoms with van der Waals surface area (Å²) in [5, 5.41) is 31.9. The average molecular weight is 763 g/mol. The quantitative estimate of drug-likeness (QED) is 0.0257. The largest absolute Gasteiger partial charge is 0.480 e. The number of nitrogens with zero attached hydrogens (tertiary/aromatic N) is 1. The first-order valence-electron chi connectivity index (χ1n) is 17.8. The van der Waals surface area contributed by atoms with Crippen molar-refractivity contribution in [2.75, 3.05) is 19.7 Å². The lowest BCUT2D eigenvalue weighted by atomic mass is 9.98. The number of carbonyl (C=O) groups excluding carboxylic acids is 6. The van der Waals surface area contributed by atoms with E-state index in [-0.39, 0.29) is 63.0 Å². The molecule has 0 unspecified atom stereocenters. The maximum absolute atomic E-state index is 13.8. The second-order valence-corrected chi connectivity index (χ2v) is 13.8. The van der Waals surface area contributed by atoms with Crippen molar-refractivity contribution in [1.82, 2.24) is 26.6 Å². The highest BCUT2D eigenvalue weighted by Crippen LogP contribution is 2.11. The summed E-state index contributed by atoms with van der Waals surface area (Å²) in [6, 6.07) is 1.54. The van der Waals surface area contributed by atoms with Crippen molar-refractivity contribution >= 4 is 47.2 Å². The Balaban J connectivity index is 3.25. The number of carbonyl (C=O) groups is 7. The maximum Gasteiger partial charge on any atom is 0.326 e. The van der Waals surface area contributed by atoms with Crippen LogP contribution in [0.3, 0.4) is 0 Å². The van der Waals surface area contributed by atoms with Gasteiger partial charge in [0.2, 0.25) is 29.5 Å². The van der Waals surface area contributed by atoms with Crippen LogP contribution in [0.25, 0.3) is 0 Å². The Morgan fingerprint density at radius 3 is 1.78 bits per heavy atom. The van der Waals surface area contributed by atoms with Gasteiger partial charge in [-0.2, -0.15) is 0 Å². The average Bonchev–Trinajstić information content (AvgIpc) is 3.09. The number of rotatable bonds is 26. The number of primary amides is 1.